The maximum atomic E-state index is 12.9. The summed E-state index contributed by atoms with van der Waals surface area (Å²) >= 11 is 0. The van der Waals surface area contributed by atoms with Crippen LogP contribution in [0.3, 0.4) is 0 Å². The molecular weight excluding hydrogens is 349 g/mol. The molecule has 1 amide bonds. The zero-order valence-electron chi connectivity index (χ0n) is 13.9. The highest BCUT2D eigenvalue weighted by Crippen LogP contribution is 2.28. The lowest BCUT2D eigenvalue weighted by Gasteiger charge is -2.10. The average molecular weight is 364 g/mol. The summed E-state index contributed by atoms with van der Waals surface area (Å²) in [7, 11) is 0. The summed E-state index contributed by atoms with van der Waals surface area (Å²) in [6.07, 6.45) is -4.65. The van der Waals surface area contributed by atoms with Crippen molar-refractivity contribution in [3.63, 3.8) is 0 Å². The average Bonchev–Trinajstić information content (AvgIpc) is 3.00. The van der Waals surface area contributed by atoms with E-state index in [1.54, 1.807) is 38.1 Å². The van der Waals surface area contributed by atoms with Crippen LogP contribution in [0.4, 0.5) is 30.4 Å². The molecule has 26 heavy (non-hydrogen) atoms. The molecule has 0 saturated heterocycles. The third-order valence-electron chi connectivity index (χ3n) is 3.47. The SMILES string of the molecule is CC(C)C(=O)Nc1ccc(Nc2ccc3nnc(C(F)(F)F)n3n2)cc1. The highest BCUT2D eigenvalue weighted by molar-refractivity contribution is 5.92. The number of carbonyl (C=O) groups is 1. The third-order valence-corrected chi connectivity index (χ3v) is 3.47. The number of benzene rings is 1. The summed E-state index contributed by atoms with van der Waals surface area (Å²) in [5.41, 5.74) is 1.21. The van der Waals surface area contributed by atoms with Crippen molar-refractivity contribution in [1.82, 2.24) is 19.8 Å². The van der Waals surface area contributed by atoms with Crippen LogP contribution in [0.25, 0.3) is 5.65 Å². The number of hydrogen-bond donors (Lipinski definition) is 2. The number of anilines is 3. The van der Waals surface area contributed by atoms with Crippen LogP contribution in [0.15, 0.2) is 36.4 Å². The molecule has 3 aromatic rings. The van der Waals surface area contributed by atoms with Crippen molar-refractivity contribution >= 4 is 28.7 Å². The largest absolute Gasteiger partial charge is 0.453 e. The van der Waals surface area contributed by atoms with Gasteiger partial charge in [0.25, 0.3) is 5.82 Å². The molecule has 0 fully saturated rings. The number of halogens is 3. The van der Waals surface area contributed by atoms with Gasteiger partial charge in [0.2, 0.25) is 5.91 Å². The third kappa shape index (κ3) is 3.73. The minimum atomic E-state index is -4.65. The van der Waals surface area contributed by atoms with Gasteiger partial charge < -0.3 is 10.6 Å². The van der Waals surface area contributed by atoms with Crippen LogP contribution in [-0.4, -0.2) is 25.7 Å². The molecule has 2 heterocycles. The Bertz CT molecular complexity index is 933. The van der Waals surface area contributed by atoms with E-state index >= 15 is 0 Å². The first-order valence-electron chi connectivity index (χ1n) is 7.71. The molecule has 0 aliphatic carbocycles. The lowest BCUT2D eigenvalue weighted by Crippen LogP contribution is -2.17. The Labute approximate surface area is 146 Å². The molecule has 0 aliphatic heterocycles. The van der Waals surface area contributed by atoms with Crippen LogP contribution >= 0.6 is 0 Å². The molecule has 0 aliphatic rings. The molecule has 2 N–H and O–H groups in total. The van der Waals surface area contributed by atoms with Crippen molar-refractivity contribution < 1.29 is 18.0 Å². The second-order valence-corrected chi connectivity index (χ2v) is 5.86. The van der Waals surface area contributed by atoms with E-state index in [1.165, 1.54) is 12.1 Å². The smallest absolute Gasteiger partial charge is 0.339 e. The predicted molar refractivity (Wildman–Crippen MR) is 89.0 cm³/mol. The topological polar surface area (TPSA) is 84.2 Å². The van der Waals surface area contributed by atoms with Gasteiger partial charge in [0.1, 0.15) is 0 Å². The molecule has 136 valence electrons. The summed E-state index contributed by atoms with van der Waals surface area (Å²) < 4.78 is 39.3. The Hall–Kier alpha value is -3.17. The number of nitrogens with zero attached hydrogens (tertiary/aromatic N) is 4. The first-order valence-corrected chi connectivity index (χ1v) is 7.71. The van der Waals surface area contributed by atoms with Gasteiger partial charge in [0.05, 0.1) is 0 Å². The van der Waals surface area contributed by atoms with E-state index in [-0.39, 0.29) is 23.3 Å². The summed E-state index contributed by atoms with van der Waals surface area (Å²) in [5.74, 6) is -1.25. The molecule has 0 bridgehead atoms. The number of aromatic nitrogens is 4. The molecule has 1 aromatic carbocycles. The van der Waals surface area contributed by atoms with Crippen molar-refractivity contribution in [3.8, 4) is 0 Å². The van der Waals surface area contributed by atoms with Crippen LogP contribution in [-0.2, 0) is 11.0 Å². The molecule has 0 spiro atoms. The summed E-state index contributed by atoms with van der Waals surface area (Å²) in [6.45, 7) is 3.57. The zero-order valence-corrected chi connectivity index (χ0v) is 13.9. The van der Waals surface area contributed by atoms with E-state index in [9.17, 15) is 18.0 Å². The van der Waals surface area contributed by atoms with E-state index in [0.717, 1.165) is 0 Å². The number of rotatable bonds is 4. The summed E-state index contributed by atoms with van der Waals surface area (Å²) in [6, 6.07) is 9.60. The fourth-order valence-corrected chi connectivity index (χ4v) is 2.10. The maximum absolute atomic E-state index is 12.9. The lowest BCUT2D eigenvalue weighted by molar-refractivity contribution is -0.146. The van der Waals surface area contributed by atoms with Gasteiger partial charge in [-0.05, 0) is 36.4 Å². The molecule has 0 atom stereocenters. The molecule has 0 radical (unpaired) electrons. The summed E-state index contributed by atoms with van der Waals surface area (Å²) in [5, 5.41) is 16.1. The normalized spacial score (nSPS) is 11.8. The van der Waals surface area contributed by atoms with Crippen LogP contribution in [0.5, 0.6) is 0 Å². The lowest BCUT2D eigenvalue weighted by atomic mass is 10.2. The fraction of sp³-hybridized carbons (Fsp3) is 0.250. The van der Waals surface area contributed by atoms with Crippen molar-refractivity contribution in [2.75, 3.05) is 10.6 Å². The van der Waals surface area contributed by atoms with E-state index in [2.05, 4.69) is 25.9 Å². The van der Waals surface area contributed by atoms with Crippen LogP contribution in [0, 0.1) is 5.92 Å². The van der Waals surface area contributed by atoms with Gasteiger partial charge in [0.15, 0.2) is 11.5 Å². The number of fused-ring (bicyclic) bond motifs is 1. The van der Waals surface area contributed by atoms with E-state index in [1.807, 2.05) is 0 Å². The Balaban J connectivity index is 1.79. The zero-order chi connectivity index (χ0) is 18.9. The predicted octanol–water partition coefficient (Wildman–Crippen LogP) is 3.48. The molecule has 10 heteroatoms. The van der Waals surface area contributed by atoms with Crippen molar-refractivity contribution in [2.24, 2.45) is 5.92 Å². The minimum Gasteiger partial charge on any atom is -0.339 e. The fourth-order valence-electron chi connectivity index (χ4n) is 2.10. The van der Waals surface area contributed by atoms with Gasteiger partial charge in [-0.15, -0.1) is 15.3 Å². The van der Waals surface area contributed by atoms with E-state index in [0.29, 0.717) is 15.9 Å². The number of amides is 1. The van der Waals surface area contributed by atoms with Crippen molar-refractivity contribution in [2.45, 2.75) is 20.0 Å². The Morgan fingerprint density at radius 1 is 1.04 bits per heavy atom. The molecule has 3 rings (SSSR count). The summed E-state index contributed by atoms with van der Waals surface area (Å²) in [4.78, 5) is 11.7. The standard InChI is InChI=1S/C16H15F3N6O/c1-9(2)14(26)21-11-5-3-10(4-6-11)20-12-7-8-13-22-23-15(16(17,18)19)25(13)24-12/h3-9H,1-2H3,(H,20,24)(H,21,26). The van der Waals surface area contributed by atoms with Gasteiger partial charge in [-0.2, -0.15) is 17.7 Å². The van der Waals surface area contributed by atoms with Gasteiger partial charge in [0, 0.05) is 17.3 Å². The number of alkyl halides is 3. The Morgan fingerprint density at radius 2 is 1.69 bits per heavy atom. The molecular formula is C16H15F3N6O. The first kappa shape index (κ1) is 17.6. The van der Waals surface area contributed by atoms with E-state index < -0.39 is 12.0 Å². The van der Waals surface area contributed by atoms with Crippen LogP contribution in [0.1, 0.15) is 19.7 Å². The number of hydrogen-bond acceptors (Lipinski definition) is 5. The van der Waals surface area contributed by atoms with Crippen LogP contribution < -0.4 is 10.6 Å². The second-order valence-electron chi connectivity index (χ2n) is 5.86. The van der Waals surface area contributed by atoms with Crippen molar-refractivity contribution in [1.29, 1.82) is 0 Å². The van der Waals surface area contributed by atoms with Gasteiger partial charge in [-0.3, -0.25) is 4.79 Å². The Morgan fingerprint density at radius 3 is 2.31 bits per heavy atom. The van der Waals surface area contributed by atoms with Crippen molar-refractivity contribution in [3.05, 3.63) is 42.2 Å². The van der Waals surface area contributed by atoms with Gasteiger partial charge in [-0.25, -0.2) is 0 Å². The highest BCUT2D eigenvalue weighted by Gasteiger charge is 2.37. The maximum Gasteiger partial charge on any atom is 0.453 e. The van der Waals surface area contributed by atoms with Gasteiger partial charge >= 0.3 is 6.18 Å². The van der Waals surface area contributed by atoms with Crippen LogP contribution in [0.2, 0.25) is 0 Å². The molecule has 2 aromatic heterocycles. The van der Waals surface area contributed by atoms with Gasteiger partial charge in [-0.1, -0.05) is 13.8 Å². The quantitative estimate of drug-likeness (QED) is 0.740. The molecule has 7 nitrogen and oxygen atoms in total. The Kier molecular flexibility index (Phi) is 4.49. The number of carbonyl (C=O) groups excluding carboxylic acids is 1. The second kappa shape index (κ2) is 6.62. The monoisotopic (exact) mass is 364 g/mol. The first-order chi connectivity index (χ1) is 12.2. The molecule has 0 unspecified atom stereocenters. The highest BCUT2D eigenvalue weighted by atomic mass is 19.4. The minimum absolute atomic E-state index is 0.00498. The number of nitrogens with one attached hydrogen (secondary N) is 2. The van der Waals surface area contributed by atoms with E-state index in [4.69, 9.17) is 0 Å². The molecule has 0 saturated carbocycles.